The summed E-state index contributed by atoms with van der Waals surface area (Å²) in [5.41, 5.74) is 0. The molecule has 0 aromatic heterocycles. The molecule has 7 heavy (non-hydrogen) atoms. The Hall–Kier alpha value is -0.0400. The average Bonchev–Trinajstić information content (AvgIpc) is 2.10. The maximum Gasteiger partial charge on any atom is 0.0221 e. The van der Waals surface area contributed by atoms with E-state index < -0.39 is 0 Å². The Bertz CT molecular complexity index is 72.2. The fourth-order valence-corrected chi connectivity index (χ4v) is 1.24. The summed E-state index contributed by atoms with van der Waals surface area (Å²) in [5, 5.41) is 3.34. The summed E-state index contributed by atoms with van der Waals surface area (Å²) in [4.78, 5) is 0. The topological polar surface area (TPSA) is 21.9 Å². The zero-order valence-electron chi connectivity index (χ0n) is 4.48. The third kappa shape index (κ3) is 0.556. The van der Waals surface area contributed by atoms with E-state index in [1.807, 2.05) is 0 Å². The van der Waals surface area contributed by atoms with Crippen molar-refractivity contribution in [2.24, 2.45) is 5.92 Å². The summed E-state index contributed by atoms with van der Waals surface area (Å²) in [5.74, 6) is 1.08. The molecule has 2 aliphatic rings. The summed E-state index contributed by atoms with van der Waals surface area (Å²) in [6, 6.07) is 0.953. The van der Waals surface area contributed by atoms with Gasteiger partial charge in [-0.25, -0.2) is 0 Å². The van der Waals surface area contributed by atoms with Crippen LogP contribution in [0.5, 0.6) is 0 Å². The van der Waals surface area contributed by atoms with Crippen LogP contribution < -0.4 is 5.32 Å². The van der Waals surface area contributed by atoms with Crippen molar-refractivity contribution >= 4 is 0 Å². The van der Waals surface area contributed by atoms with Crippen LogP contribution in [-0.4, -0.2) is 12.6 Å². The Morgan fingerprint density at radius 3 is 2.14 bits per heavy atom. The van der Waals surface area contributed by atoms with E-state index in [4.69, 9.17) is 0 Å². The predicted molar refractivity (Wildman–Crippen MR) is 29.1 cm³/mol. The second kappa shape index (κ2) is 1.22. The highest BCUT2D eigenvalue weighted by Gasteiger charge is 2.33. The molecule has 2 fully saturated rings. The van der Waals surface area contributed by atoms with E-state index in [9.17, 15) is 0 Å². The Kier molecular flexibility index (Phi) is 0.680. The molecule has 0 spiro atoms. The predicted octanol–water partition coefficient (Wildman–Crippen LogP) is 0.758. The van der Waals surface area contributed by atoms with Gasteiger partial charge < -0.3 is 5.32 Å². The highest BCUT2D eigenvalue weighted by molar-refractivity contribution is 4.93. The van der Waals surface area contributed by atoms with Crippen LogP contribution in [0.15, 0.2) is 0 Å². The summed E-state index contributed by atoms with van der Waals surface area (Å²) >= 11 is 0. The van der Waals surface area contributed by atoms with Crippen LogP contribution >= 0.6 is 0 Å². The quantitative estimate of drug-likeness (QED) is 0.479. The van der Waals surface area contributed by atoms with E-state index in [0.717, 1.165) is 12.0 Å². The lowest BCUT2D eigenvalue weighted by molar-refractivity contribution is 0.310. The molecule has 1 atom stereocenters. The van der Waals surface area contributed by atoms with Gasteiger partial charge in [-0.15, -0.1) is 0 Å². The van der Waals surface area contributed by atoms with Crippen LogP contribution in [0, 0.1) is 5.92 Å². The van der Waals surface area contributed by atoms with E-state index in [0.29, 0.717) is 0 Å². The number of hydrogen-bond acceptors (Lipinski definition) is 1. The third-order valence-electron chi connectivity index (χ3n) is 2.16. The Labute approximate surface area is 44.1 Å². The van der Waals surface area contributed by atoms with Gasteiger partial charge in [-0.2, -0.15) is 0 Å². The van der Waals surface area contributed by atoms with Crippen LogP contribution in [0.3, 0.4) is 0 Å². The van der Waals surface area contributed by atoms with Crippen molar-refractivity contribution in [3.63, 3.8) is 0 Å². The van der Waals surface area contributed by atoms with Crippen LogP contribution in [0.25, 0.3) is 0 Å². The monoisotopic (exact) mass is 97.1 g/mol. The smallest absolute Gasteiger partial charge is 0.0221 e. The SMILES string of the molecule is C1CC(C2CN2)C1. The number of rotatable bonds is 1. The molecule has 40 valence electrons. The van der Waals surface area contributed by atoms with Crippen molar-refractivity contribution in [2.75, 3.05) is 6.54 Å². The van der Waals surface area contributed by atoms with E-state index in [1.54, 1.807) is 0 Å². The molecule has 1 heteroatoms. The molecule has 0 radical (unpaired) electrons. The van der Waals surface area contributed by atoms with Gasteiger partial charge in [-0.1, -0.05) is 6.42 Å². The first-order valence-electron chi connectivity index (χ1n) is 3.20. The lowest BCUT2D eigenvalue weighted by atomic mass is 9.83. The minimum atomic E-state index is 0.953. The Morgan fingerprint density at radius 1 is 1.29 bits per heavy atom. The second-order valence-corrected chi connectivity index (χ2v) is 2.71. The van der Waals surface area contributed by atoms with E-state index in [-0.39, 0.29) is 0 Å². The molecule has 1 N–H and O–H groups in total. The Morgan fingerprint density at radius 2 is 2.00 bits per heavy atom. The van der Waals surface area contributed by atoms with Crippen molar-refractivity contribution in [2.45, 2.75) is 25.3 Å². The van der Waals surface area contributed by atoms with Gasteiger partial charge in [0.25, 0.3) is 0 Å². The van der Waals surface area contributed by atoms with Crippen molar-refractivity contribution in [3.8, 4) is 0 Å². The molecule has 0 aromatic carbocycles. The van der Waals surface area contributed by atoms with Gasteiger partial charge in [0.2, 0.25) is 0 Å². The molecule has 1 unspecified atom stereocenters. The largest absolute Gasteiger partial charge is 0.311 e. The molecule has 1 nitrogen and oxygen atoms in total. The molecular weight excluding hydrogens is 86.1 g/mol. The van der Waals surface area contributed by atoms with Crippen LogP contribution in [-0.2, 0) is 0 Å². The molecule has 1 heterocycles. The van der Waals surface area contributed by atoms with Crippen LogP contribution in [0.2, 0.25) is 0 Å². The minimum Gasteiger partial charge on any atom is -0.311 e. The van der Waals surface area contributed by atoms with Gasteiger partial charge in [-0.3, -0.25) is 0 Å². The van der Waals surface area contributed by atoms with E-state index >= 15 is 0 Å². The lowest BCUT2D eigenvalue weighted by Crippen LogP contribution is -2.18. The first kappa shape index (κ1) is 3.90. The molecule has 0 bridgehead atoms. The summed E-state index contributed by atoms with van der Waals surface area (Å²) in [6.45, 7) is 1.31. The fraction of sp³-hybridized carbons (Fsp3) is 1.00. The number of hydrogen-bond donors (Lipinski definition) is 1. The molecule has 1 saturated heterocycles. The third-order valence-corrected chi connectivity index (χ3v) is 2.16. The highest BCUT2D eigenvalue weighted by atomic mass is 15.1. The van der Waals surface area contributed by atoms with Gasteiger partial charge in [0.05, 0.1) is 0 Å². The van der Waals surface area contributed by atoms with Crippen LogP contribution in [0.4, 0.5) is 0 Å². The maximum atomic E-state index is 3.34. The van der Waals surface area contributed by atoms with Crippen molar-refractivity contribution in [1.82, 2.24) is 5.32 Å². The van der Waals surface area contributed by atoms with Crippen molar-refractivity contribution in [1.29, 1.82) is 0 Å². The summed E-state index contributed by atoms with van der Waals surface area (Å²) in [7, 11) is 0. The summed E-state index contributed by atoms with van der Waals surface area (Å²) < 4.78 is 0. The minimum absolute atomic E-state index is 0.953. The van der Waals surface area contributed by atoms with Crippen molar-refractivity contribution < 1.29 is 0 Å². The molecule has 0 amide bonds. The second-order valence-electron chi connectivity index (χ2n) is 2.71. The first-order valence-corrected chi connectivity index (χ1v) is 3.20. The van der Waals surface area contributed by atoms with Crippen molar-refractivity contribution in [3.05, 3.63) is 0 Å². The number of nitrogens with one attached hydrogen (secondary N) is 1. The van der Waals surface area contributed by atoms with E-state index in [1.165, 1.54) is 25.8 Å². The standard InChI is InChI=1S/C6H11N/c1-2-5(3-1)6-4-7-6/h5-7H,1-4H2. The highest BCUT2D eigenvalue weighted by Crippen LogP contribution is 2.32. The first-order chi connectivity index (χ1) is 3.47. The fourth-order valence-electron chi connectivity index (χ4n) is 1.24. The van der Waals surface area contributed by atoms with Crippen LogP contribution in [0.1, 0.15) is 19.3 Å². The van der Waals surface area contributed by atoms with Gasteiger partial charge in [0.15, 0.2) is 0 Å². The summed E-state index contributed by atoms with van der Waals surface area (Å²) in [6.07, 6.45) is 4.48. The molecule has 1 aliphatic heterocycles. The molecule has 1 aliphatic carbocycles. The Balaban J connectivity index is 1.83. The van der Waals surface area contributed by atoms with Gasteiger partial charge >= 0.3 is 0 Å². The maximum absolute atomic E-state index is 3.34. The van der Waals surface area contributed by atoms with Gasteiger partial charge in [-0.05, 0) is 18.8 Å². The van der Waals surface area contributed by atoms with Gasteiger partial charge in [0, 0.05) is 12.6 Å². The molecule has 2 rings (SSSR count). The average molecular weight is 97.2 g/mol. The molecule has 0 aromatic rings. The van der Waals surface area contributed by atoms with Gasteiger partial charge in [0.1, 0.15) is 0 Å². The normalized spacial score (nSPS) is 40.3. The molecule has 1 saturated carbocycles. The van der Waals surface area contributed by atoms with E-state index in [2.05, 4.69) is 5.32 Å². The zero-order valence-corrected chi connectivity index (χ0v) is 4.48. The lowest BCUT2D eigenvalue weighted by Gasteiger charge is -2.23. The zero-order chi connectivity index (χ0) is 4.69. The molecular formula is C6H11N.